The van der Waals surface area contributed by atoms with Gasteiger partial charge in [-0.3, -0.25) is 0 Å². The second kappa shape index (κ2) is 13.3. The van der Waals surface area contributed by atoms with Gasteiger partial charge in [-0.2, -0.15) is 0 Å². The summed E-state index contributed by atoms with van der Waals surface area (Å²) in [6.07, 6.45) is 0. The molecule has 262 valence electrons. The Morgan fingerprint density at radius 3 is 1.48 bits per heavy atom. The van der Waals surface area contributed by atoms with Crippen LogP contribution in [0.4, 0.5) is 0 Å². The summed E-state index contributed by atoms with van der Waals surface area (Å²) >= 11 is 1.83. The SMILES string of the molecule is c1ccc(-c2ccc(-c3ccc4c(c3)c3c5sc6c(-c7nc(-c8ccccc8)nc(-c8ccccc8)n7)cccc6c5ccc3n4-c3ccccc3)cc2)cc1. The first-order valence-electron chi connectivity index (χ1n) is 18.8. The topological polar surface area (TPSA) is 43.6 Å². The van der Waals surface area contributed by atoms with Crippen LogP contribution in [0.3, 0.4) is 0 Å². The predicted octanol–water partition coefficient (Wildman–Crippen LogP) is 13.7. The molecular weight excluding hydrogens is 701 g/mol. The molecule has 3 heterocycles. The van der Waals surface area contributed by atoms with Gasteiger partial charge in [-0.25, -0.2) is 15.0 Å². The molecule has 5 heteroatoms. The van der Waals surface area contributed by atoms with Crippen LogP contribution in [0.15, 0.2) is 194 Å². The average molecular weight is 733 g/mol. The Balaban J connectivity index is 1.14. The number of benzene rings is 8. The summed E-state index contributed by atoms with van der Waals surface area (Å²) in [5, 5.41) is 4.90. The van der Waals surface area contributed by atoms with E-state index >= 15 is 0 Å². The molecular formula is C51H32N4S. The van der Waals surface area contributed by atoms with Gasteiger partial charge in [0, 0.05) is 53.3 Å². The van der Waals surface area contributed by atoms with Crippen LogP contribution in [0.2, 0.25) is 0 Å². The normalized spacial score (nSPS) is 11.6. The molecule has 0 N–H and O–H groups in total. The summed E-state index contributed by atoms with van der Waals surface area (Å²) in [5.74, 6) is 1.98. The van der Waals surface area contributed by atoms with Crippen molar-refractivity contribution in [3.05, 3.63) is 194 Å². The molecule has 0 saturated heterocycles. The first-order chi connectivity index (χ1) is 27.8. The monoisotopic (exact) mass is 732 g/mol. The smallest absolute Gasteiger partial charge is 0.165 e. The maximum absolute atomic E-state index is 5.13. The quantitative estimate of drug-likeness (QED) is 0.171. The minimum Gasteiger partial charge on any atom is -0.309 e. The second-order valence-corrected chi connectivity index (χ2v) is 15.0. The van der Waals surface area contributed by atoms with Crippen LogP contribution in [0.1, 0.15) is 0 Å². The fourth-order valence-corrected chi connectivity index (χ4v) is 9.35. The average Bonchev–Trinajstić information content (AvgIpc) is 3.83. The summed E-state index contributed by atoms with van der Waals surface area (Å²) in [5.41, 5.74) is 11.2. The van der Waals surface area contributed by atoms with E-state index in [1.54, 1.807) is 0 Å². The molecule has 11 aromatic rings. The fourth-order valence-electron chi connectivity index (χ4n) is 7.98. The third-order valence-electron chi connectivity index (χ3n) is 10.7. The molecule has 0 fully saturated rings. The van der Waals surface area contributed by atoms with Crippen molar-refractivity contribution in [3.8, 4) is 62.1 Å². The summed E-state index contributed by atoms with van der Waals surface area (Å²) < 4.78 is 4.82. The van der Waals surface area contributed by atoms with Crippen LogP contribution in [0.25, 0.3) is 104 Å². The Kier molecular flexibility index (Phi) is 7.64. The maximum Gasteiger partial charge on any atom is 0.165 e. The number of aromatic nitrogens is 4. The molecule has 8 aromatic carbocycles. The number of para-hydroxylation sites is 1. The lowest BCUT2D eigenvalue weighted by molar-refractivity contribution is 1.08. The highest BCUT2D eigenvalue weighted by molar-refractivity contribution is 7.27. The van der Waals surface area contributed by atoms with Crippen molar-refractivity contribution in [1.82, 2.24) is 19.5 Å². The second-order valence-electron chi connectivity index (χ2n) is 14.0. The minimum atomic E-state index is 0.658. The van der Waals surface area contributed by atoms with E-state index in [0.29, 0.717) is 17.5 Å². The van der Waals surface area contributed by atoms with E-state index in [4.69, 9.17) is 15.0 Å². The van der Waals surface area contributed by atoms with E-state index in [2.05, 4.69) is 162 Å². The van der Waals surface area contributed by atoms with Gasteiger partial charge in [-0.15, -0.1) is 11.3 Å². The first kappa shape index (κ1) is 32.2. The van der Waals surface area contributed by atoms with Crippen LogP contribution >= 0.6 is 11.3 Å². The fraction of sp³-hybridized carbons (Fsp3) is 0. The summed E-state index contributed by atoms with van der Waals surface area (Å²) in [6.45, 7) is 0. The molecule has 0 saturated carbocycles. The van der Waals surface area contributed by atoms with Crippen molar-refractivity contribution in [2.24, 2.45) is 0 Å². The van der Waals surface area contributed by atoms with Crippen molar-refractivity contribution >= 4 is 53.3 Å². The van der Waals surface area contributed by atoms with Gasteiger partial charge >= 0.3 is 0 Å². The van der Waals surface area contributed by atoms with Gasteiger partial charge in [-0.1, -0.05) is 158 Å². The molecule has 4 nitrogen and oxygen atoms in total. The summed E-state index contributed by atoms with van der Waals surface area (Å²) in [4.78, 5) is 15.2. The van der Waals surface area contributed by atoms with Crippen molar-refractivity contribution in [1.29, 1.82) is 0 Å². The standard InChI is InChI=1S/C51H32N4S/c1-5-14-33(15-6-1)34-24-26-35(27-25-34)38-28-30-44-43(32-38)46-45(55(44)39-20-11-4-12-21-39)31-29-41-40-22-13-23-42(47(40)56-48(41)46)51-53-49(36-16-7-2-8-17-36)52-50(54-51)37-18-9-3-10-19-37/h1-32H. The number of hydrogen-bond donors (Lipinski definition) is 0. The Bertz CT molecular complexity index is 3150. The number of hydrogen-bond acceptors (Lipinski definition) is 4. The number of fused-ring (bicyclic) bond motifs is 7. The largest absolute Gasteiger partial charge is 0.309 e. The third-order valence-corrected chi connectivity index (χ3v) is 11.9. The van der Waals surface area contributed by atoms with Crippen molar-refractivity contribution in [3.63, 3.8) is 0 Å². The molecule has 0 unspecified atom stereocenters. The zero-order chi connectivity index (χ0) is 37.0. The summed E-state index contributed by atoms with van der Waals surface area (Å²) in [6, 6.07) is 68.5. The molecule has 56 heavy (non-hydrogen) atoms. The number of rotatable bonds is 6. The Hall–Kier alpha value is -7.21. The van der Waals surface area contributed by atoms with Crippen LogP contribution < -0.4 is 0 Å². The van der Waals surface area contributed by atoms with E-state index in [-0.39, 0.29) is 0 Å². The van der Waals surface area contributed by atoms with E-state index in [1.165, 1.54) is 59.5 Å². The zero-order valence-corrected chi connectivity index (χ0v) is 31.0. The van der Waals surface area contributed by atoms with Gasteiger partial charge in [0.25, 0.3) is 0 Å². The third kappa shape index (κ3) is 5.40. The minimum absolute atomic E-state index is 0.658. The van der Waals surface area contributed by atoms with Crippen LogP contribution in [-0.4, -0.2) is 19.5 Å². The van der Waals surface area contributed by atoms with E-state index in [9.17, 15) is 0 Å². The molecule has 0 radical (unpaired) electrons. The van der Waals surface area contributed by atoms with Gasteiger partial charge in [-0.05, 0) is 58.7 Å². The Labute approximate surface area is 327 Å². The van der Waals surface area contributed by atoms with Crippen LogP contribution in [-0.2, 0) is 0 Å². The first-order valence-corrected chi connectivity index (χ1v) is 19.6. The van der Waals surface area contributed by atoms with Crippen molar-refractivity contribution in [2.45, 2.75) is 0 Å². The number of nitrogens with zero attached hydrogens (tertiary/aromatic N) is 4. The summed E-state index contributed by atoms with van der Waals surface area (Å²) in [7, 11) is 0. The molecule has 11 rings (SSSR count). The van der Waals surface area contributed by atoms with Crippen LogP contribution in [0, 0.1) is 0 Å². The van der Waals surface area contributed by atoms with Crippen molar-refractivity contribution < 1.29 is 0 Å². The predicted molar refractivity (Wildman–Crippen MR) is 234 cm³/mol. The highest BCUT2D eigenvalue weighted by atomic mass is 32.1. The van der Waals surface area contributed by atoms with Crippen molar-refractivity contribution in [2.75, 3.05) is 0 Å². The number of thiophene rings is 1. The molecule has 0 aliphatic carbocycles. The molecule has 0 amide bonds. The lowest BCUT2D eigenvalue weighted by Gasteiger charge is -2.09. The molecule has 3 aromatic heterocycles. The van der Waals surface area contributed by atoms with Gasteiger partial charge in [0.2, 0.25) is 0 Å². The Morgan fingerprint density at radius 2 is 0.839 bits per heavy atom. The molecule has 0 aliphatic heterocycles. The van der Waals surface area contributed by atoms with Gasteiger partial charge in [0.1, 0.15) is 0 Å². The highest BCUT2D eigenvalue weighted by Gasteiger charge is 2.21. The van der Waals surface area contributed by atoms with E-state index < -0.39 is 0 Å². The van der Waals surface area contributed by atoms with E-state index in [1.807, 2.05) is 47.7 Å². The van der Waals surface area contributed by atoms with Gasteiger partial charge in [0.05, 0.1) is 11.0 Å². The van der Waals surface area contributed by atoms with Gasteiger partial charge in [0.15, 0.2) is 17.5 Å². The maximum atomic E-state index is 5.13. The lowest BCUT2D eigenvalue weighted by atomic mass is 9.99. The molecule has 0 spiro atoms. The Morgan fingerprint density at radius 1 is 0.339 bits per heavy atom. The lowest BCUT2D eigenvalue weighted by Crippen LogP contribution is -2.00. The van der Waals surface area contributed by atoms with Gasteiger partial charge < -0.3 is 4.57 Å². The molecule has 0 atom stereocenters. The zero-order valence-electron chi connectivity index (χ0n) is 30.2. The van der Waals surface area contributed by atoms with E-state index in [0.717, 1.165) is 27.1 Å². The highest BCUT2D eigenvalue weighted by Crippen LogP contribution is 2.46. The molecule has 0 bridgehead atoms. The van der Waals surface area contributed by atoms with Crippen LogP contribution in [0.5, 0.6) is 0 Å². The molecule has 0 aliphatic rings.